The van der Waals surface area contributed by atoms with Crippen molar-refractivity contribution in [1.82, 2.24) is 0 Å². The number of primary amides is 1. The zero-order valence-electron chi connectivity index (χ0n) is 7.17. The van der Waals surface area contributed by atoms with Crippen molar-refractivity contribution in [2.45, 2.75) is 25.4 Å². The number of amides is 1. The normalized spacial score (nSPS) is 13.6. The molecule has 0 saturated heterocycles. The van der Waals surface area contributed by atoms with E-state index in [1.807, 2.05) is 0 Å². The summed E-state index contributed by atoms with van der Waals surface area (Å²) in [5.74, 6) is -3.71. The standard InChI is InChI=1S/C7H10F3NO3/c8-7(9,10)2-1-4(6(13)14)3-5(11)12/h4H,1-3H2,(H2,11,12)(H,13,14). The Hall–Kier alpha value is -1.27. The Morgan fingerprint density at radius 2 is 1.86 bits per heavy atom. The molecule has 1 amide bonds. The third-order valence-corrected chi connectivity index (χ3v) is 1.57. The molecule has 82 valence electrons. The molecule has 1 unspecified atom stereocenters. The fraction of sp³-hybridized carbons (Fsp3) is 0.714. The zero-order chi connectivity index (χ0) is 11.4. The highest BCUT2D eigenvalue weighted by Crippen LogP contribution is 2.25. The lowest BCUT2D eigenvalue weighted by Crippen LogP contribution is -2.24. The van der Waals surface area contributed by atoms with Crippen molar-refractivity contribution in [2.24, 2.45) is 11.7 Å². The molecule has 0 radical (unpaired) electrons. The molecule has 0 aliphatic carbocycles. The van der Waals surface area contributed by atoms with Crippen molar-refractivity contribution >= 4 is 11.9 Å². The number of alkyl halides is 3. The number of nitrogens with two attached hydrogens (primary N) is 1. The van der Waals surface area contributed by atoms with Crippen LogP contribution in [-0.2, 0) is 9.59 Å². The third kappa shape index (κ3) is 6.27. The summed E-state index contributed by atoms with van der Waals surface area (Å²) in [7, 11) is 0. The van der Waals surface area contributed by atoms with Gasteiger partial charge in [0.1, 0.15) is 0 Å². The molecule has 0 heterocycles. The Morgan fingerprint density at radius 1 is 1.36 bits per heavy atom. The molecule has 4 nitrogen and oxygen atoms in total. The predicted molar refractivity (Wildman–Crippen MR) is 40.2 cm³/mol. The minimum Gasteiger partial charge on any atom is -0.481 e. The van der Waals surface area contributed by atoms with Crippen molar-refractivity contribution in [3.8, 4) is 0 Å². The third-order valence-electron chi connectivity index (χ3n) is 1.57. The summed E-state index contributed by atoms with van der Waals surface area (Å²) < 4.78 is 35.1. The SMILES string of the molecule is NC(=O)CC(CCC(F)(F)F)C(=O)O. The topological polar surface area (TPSA) is 80.4 Å². The summed E-state index contributed by atoms with van der Waals surface area (Å²) in [4.78, 5) is 20.7. The zero-order valence-corrected chi connectivity index (χ0v) is 7.17. The summed E-state index contributed by atoms with van der Waals surface area (Å²) >= 11 is 0. The van der Waals surface area contributed by atoms with Crippen LogP contribution in [-0.4, -0.2) is 23.2 Å². The Bertz CT molecular complexity index is 227. The molecule has 0 aliphatic heterocycles. The lowest BCUT2D eigenvalue weighted by molar-refractivity contribution is -0.150. The molecule has 0 aromatic rings. The molecule has 0 aliphatic rings. The van der Waals surface area contributed by atoms with Gasteiger partial charge in [0.25, 0.3) is 0 Å². The summed E-state index contributed by atoms with van der Waals surface area (Å²) in [5.41, 5.74) is 4.69. The number of hydrogen-bond acceptors (Lipinski definition) is 2. The number of carboxylic acids is 1. The molecule has 7 heteroatoms. The average Bonchev–Trinajstić information content (AvgIpc) is 1.94. The number of carbonyl (C=O) groups is 2. The number of rotatable bonds is 5. The lowest BCUT2D eigenvalue weighted by atomic mass is 9.99. The fourth-order valence-electron chi connectivity index (χ4n) is 0.894. The predicted octanol–water partition coefficient (Wildman–Crippen LogP) is 0.905. The first-order valence-corrected chi connectivity index (χ1v) is 3.80. The van der Waals surface area contributed by atoms with Crippen molar-refractivity contribution in [3.05, 3.63) is 0 Å². The smallest absolute Gasteiger partial charge is 0.389 e. The maximum atomic E-state index is 11.7. The quantitative estimate of drug-likeness (QED) is 0.712. The maximum Gasteiger partial charge on any atom is 0.389 e. The van der Waals surface area contributed by atoms with Crippen LogP contribution in [0.15, 0.2) is 0 Å². The van der Waals surface area contributed by atoms with E-state index >= 15 is 0 Å². The highest BCUT2D eigenvalue weighted by molar-refractivity contribution is 5.80. The molecule has 1 atom stereocenters. The Kier molecular flexibility index (Phi) is 4.39. The van der Waals surface area contributed by atoms with E-state index in [-0.39, 0.29) is 0 Å². The van der Waals surface area contributed by atoms with Crippen molar-refractivity contribution < 1.29 is 27.9 Å². The monoisotopic (exact) mass is 213 g/mol. The second-order valence-electron chi connectivity index (χ2n) is 2.86. The van der Waals surface area contributed by atoms with Crippen LogP contribution < -0.4 is 5.73 Å². The van der Waals surface area contributed by atoms with Gasteiger partial charge in [-0.3, -0.25) is 9.59 Å². The second kappa shape index (κ2) is 4.83. The van der Waals surface area contributed by atoms with Gasteiger partial charge in [-0.25, -0.2) is 0 Å². The first kappa shape index (κ1) is 12.7. The molecule has 0 aromatic heterocycles. The highest BCUT2D eigenvalue weighted by Gasteiger charge is 2.30. The van der Waals surface area contributed by atoms with Crippen LogP contribution >= 0.6 is 0 Å². The van der Waals surface area contributed by atoms with Gasteiger partial charge in [0.15, 0.2) is 0 Å². The molecule has 0 spiro atoms. The maximum absolute atomic E-state index is 11.7. The molecule has 0 rings (SSSR count). The minimum absolute atomic E-state index is 0.564. The van der Waals surface area contributed by atoms with Gasteiger partial charge in [-0.15, -0.1) is 0 Å². The molecule has 0 fully saturated rings. The van der Waals surface area contributed by atoms with Gasteiger partial charge in [0, 0.05) is 12.8 Å². The van der Waals surface area contributed by atoms with Crippen molar-refractivity contribution in [3.63, 3.8) is 0 Å². The first-order chi connectivity index (χ1) is 6.22. The van der Waals surface area contributed by atoms with Crippen molar-refractivity contribution in [2.75, 3.05) is 0 Å². The first-order valence-electron chi connectivity index (χ1n) is 3.80. The van der Waals surface area contributed by atoms with Gasteiger partial charge >= 0.3 is 12.1 Å². The molecule has 0 aromatic carbocycles. The summed E-state index contributed by atoms with van der Waals surface area (Å²) in [6.07, 6.45) is -6.82. The average molecular weight is 213 g/mol. The minimum atomic E-state index is -4.41. The highest BCUT2D eigenvalue weighted by atomic mass is 19.4. The number of carboxylic acid groups (broad SMARTS) is 1. The van der Waals surface area contributed by atoms with E-state index in [2.05, 4.69) is 5.73 Å². The summed E-state index contributed by atoms with van der Waals surface area (Å²) in [6, 6.07) is 0. The van der Waals surface area contributed by atoms with E-state index in [0.29, 0.717) is 0 Å². The molecule has 14 heavy (non-hydrogen) atoms. The Labute approximate surface area is 77.9 Å². The van der Waals surface area contributed by atoms with Crippen LogP contribution in [0.1, 0.15) is 19.3 Å². The van der Waals surface area contributed by atoms with E-state index in [9.17, 15) is 22.8 Å². The van der Waals surface area contributed by atoms with Crippen LogP contribution in [0.3, 0.4) is 0 Å². The number of aliphatic carboxylic acids is 1. The van der Waals surface area contributed by atoms with Crippen molar-refractivity contribution in [1.29, 1.82) is 0 Å². The van der Waals surface area contributed by atoms with E-state index in [1.165, 1.54) is 0 Å². The molecule has 0 saturated carbocycles. The van der Waals surface area contributed by atoms with E-state index < -0.39 is 43.2 Å². The van der Waals surface area contributed by atoms with E-state index in [4.69, 9.17) is 5.11 Å². The fourth-order valence-corrected chi connectivity index (χ4v) is 0.894. The van der Waals surface area contributed by atoms with Gasteiger partial charge in [-0.05, 0) is 6.42 Å². The van der Waals surface area contributed by atoms with E-state index in [0.717, 1.165) is 0 Å². The van der Waals surface area contributed by atoms with Gasteiger partial charge < -0.3 is 10.8 Å². The van der Waals surface area contributed by atoms with Gasteiger partial charge in [-0.1, -0.05) is 0 Å². The molecule has 0 bridgehead atoms. The van der Waals surface area contributed by atoms with Gasteiger partial charge in [0.2, 0.25) is 5.91 Å². The molecular formula is C7H10F3NO3. The Balaban J connectivity index is 4.11. The lowest BCUT2D eigenvalue weighted by Gasteiger charge is -2.11. The van der Waals surface area contributed by atoms with Crippen LogP contribution in [0.4, 0.5) is 13.2 Å². The molecule has 3 N–H and O–H groups in total. The number of halogens is 3. The van der Waals surface area contributed by atoms with Gasteiger partial charge in [-0.2, -0.15) is 13.2 Å². The van der Waals surface area contributed by atoms with E-state index in [1.54, 1.807) is 0 Å². The largest absolute Gasteiger partial charge is 0.481 e. The second-order valence-corrected chi connectivity index (χ2v) is 2.86. The van der Waals surface area contributed by atoms with Crippen LogP contribution in [0.5, 0.6) is 0 Å². The van der Waals surface area contributed by atoms with Crippen LogP contribution in [0.25, 0.3) is 0 Å². The van der Waals surface area contributed by atoms with Crippen LogP contribution in [0.2, 0.25) is 0 Å². The summed E-state index contributed by atoms with van der Waals surface area (Å²) in [5, 5.41) is 8.44. The number of hydrogen-bond donors (Lipinski definition) is 2. The summed E-state index contributed by atoms with van der Waals surface area (Å²) in [6.45, 7) is 0. The van der Waals surface area contributed by atoms with Crippen LogP contribution in [0, 0.1) is 5.92 Å². The molecular weight excluding hydrogens is 203 g/mol. The Morgan fingerprint density at radius 3 is 2.14 bits per heavy atom. The van der Waals surface area contributed by atoms with Gasteiger partial charge in [0.05, 0.1) is 5.92 Å². The number of carbonyl (C=O) groups excluding carboxylic acids is 1.